The van der Waals surface area contributed by atoms with Crippen LogP contribution >= 0.6 is 62.2 Å². The molecule has 0 radical (unpaired) electrons. The summed E-state index contributed by atoms with van der Waals surface area (Å²) in [6.07, 6.45) is 0. The largest absolute Gasteiger partial charge is 0.325 e. The van der Waals surface area contributed by atoms with Crippen molar-refractivity contribution in [2.45, 2.75) is 22.7 Å². The van der Waals surface area contributed by atoms with Crippen LogP contribution in [0.25, 0.3) is 0 Å². The zero-order valence-corrected chi connectivity index (χ0v) is 25.1. The van der Waals surface area contributed by atoms with Gasteiger partial charge in [-0.2, -0.15) is 0 Å². The second kappa shape index (κ2) is 10.8. The Balaban J connectivity index is 1.41. The summed E-state index contributed by atoms with van der Waals surface area (Å²) in [7, 11) is 0. The third-order valence-corrected chi connectivity index (χ3v) is 10.4. The predicted molar refractivity (Wildman–Crippen MR) is 162 cm³/mol. The molecule has 0 saturated carbocycles. The van der Waals surface area contributed by atoms with Crippen molar-refractivity contribution in [1.82, 2.24) is 4.57 Å². The average molecular weight is 675 g/mol. The maximum Gasteiger partial charge on any atom is 0.308 e. The highest BCUT2D eigenvalue weighted by Crippen LogP contribution is 2.54. The summed E-state index contributed by atoms with van der Waals surface area (Å²) in [4.78, 5) is 55.4. The molecule has 3 heterocycles. The van der Waals surface area contributed by atoms with Crippen LogP contribution in [0.5, 0.6) is 0 Å². The molecule has 4 aromatic rings. The molecule has 1 N–H and O–H groups in total. The van der Waals surface area contributed by atoms with Gasteiger partial charge in [0.1, 0.15) is 11.8 Å². The SMILES string of the molecule is O=C(Cn1c2c(sc1=O)C(c1cccc(Br)c1)C1C(=O)N(c3ccc(Cl)cc3)C(=O)C1S2)Nc1ccc(Cl)cc1. The van der Waals surface area contributed by atoms with Crippen molar-refractivity contribution in [2.75, 3.05) is 10.2 Å². The first kappa shape index (κ1) is 27.3. The molecule has 7 nitrogen and oxygen atoms in total. The lowest BCUT2D eigenvalue weighted by atomic mass is 9.83. The number of hydrogen-bond acceptors (Lipinski definition) is 6. The lowest BCUT2D eigenvalue weighted by Crippen LogP contribution is -2.33. The Hall–Kier alpha value is -2.89. The van der Waals surface area contributed by atoms with Crippen molar-refractivity contribution >= 4 is 91.3 Å². The van der Waals surface area contributed by atoms with Gasteiger partial charge in [0, 0.05) is 31.0 Å². The number of thiazole rings is 1. The summed E-state index contributed by atoms with van der Waals surface area (Å²) in [5, 5.41) is 3.55. The standard InChI is InChI=1S/C28H18BrCl2N3O4S2/c29-15-3-1-2-14(12-15)21-22-23(26(37)34(25(22)36)19-10-6-17(31)7-11-19)39-27-24(21)40-28(38)33(27)13-20(35)32-18-8-4-16(30)5-9-18/h1-12,21-23H,13H2,(H,32,35). The van der Waals surface area contributed by atoms with E-state index in [1.807, 2.05) is 24.3 Å². The summed E-state index contributed by atoms with van der Waals surface area (Å²) in [5.41, 5.74) is 1.77. The molecule has 3 unspecified atom stereocenters. The Morgan fingerprint density at radius 1 is 0.925 bits per heavy atom. The number of amides is 3. The molecule has 2 aliphatic heterocycles. The lowest BCUT2D eigenvalue weighted by molar-refractivity contribution is -0.122. The number of halogens is 3. The van der Waals surface area contributed by atoms with Crippen molar-refractivity contribution < 1.29 is 14.4 Å². The van der Waals surface area contributed by atoms with E-state index in [0.29, 0.717) is 31.3 Å². The Labute approximate surface area is 255 Å². The smallest absolute Gasteiger partial charge is 0.308 e. The van der Waals surface area contributed by atoms with Crippen LogP contribution < -0.4 is 15.1 Å². The number of fused-ring (bicyclic) bond motifs is 2. The van der Waals surface area contributed by atoms with Gasteiger partial charge in [0.05, 0.1) is 16.6 Å². The highest BCUT2D eigenvalue weighted by Gasteiger charge is 2.56. The molecule has 3 amide bonds. The second-order valence-electron chi connectivity index (χ2n) is 9.26. The van der Waals surface area contributed by atoms with Crippen LogP contribution in [-0.2, 0) is 20.9 Å². The topological polar surface area (TPSA) is 88.5 Å². The van der Waals surface area contributed by atoms with E-state index in [9.17, 15) is 19.2 Å². The van der Waals surface area contributed by atoms with Crippen LogP contribution in [0.4, 0.5) is 11.4 Å². The average Bonchev–Trinajstić information content (AvgIpc) is 3.36. The number of thioether (sulfide) groups is 1. The first-order valence-electron chi connectivity index (χ1n) is 12.1. The van der Waals surface area contributed by atoms with Gasteiger partial charge in [0.2, 0.25) is 17.7 Å². The number of imide groups is 1. The van der Waals surface area contributed by atoms with E-state index >= 15 is 0 Å². The Morgan fingerprint density at radius 2 is 1.60 bits per heavy atom. The lowest BCUT2D eigenvalue weighted by Gasteiger charge is -2.30. The summed E-state index contributed by atoms with van der Waals surface area (Å²) in [6, 6.07) is 20.7. The first-order chi connectivity index (χ1) is 19.2. The first-order valence-corrected chi connectivity index (χ1v) is 15.3. The molecule has 40 heavy (non-hydrogen) atoms. The number of aromatic nitrogens is 1. The van der Waals surface area contributed by atoms with Gasteiger partial charge >= 0.3 is 4.87 Å². The number of carbonyl (C=O) groups excluding carboxylic acids is 3. The molecule has 3 atom stereocenters. The monoisotopic (exact) mass is 673 g/mol. The predicted octanol–water partition coefficient (Wildman–Crippen LogP) is 6.41. The molecule has 1 saturated heterocycles. The molecule has 0 spiro atoms. The van der Waals surface area contributed by atoms with Gasteiger partial charge in [-0.05, 0) is 66.2 Å². The minimum Gasteiger partial charge on any atom is -0.325 e. The van der Waals surface area contributed by atoms with Crippen molar-refractivity contribution in [2.24, 2.45) is 5.92 Å². The van der Waals surface area contributed by atoms with Gasteiger partial charge < -0.3 is 5.32 Å². The van der Waals surface area contributed by atoms with Crippen molar-refractivity contribution in [3.63, 3.8) is 0 Å². The summed E-state index contributed by atoms with van der Waals surface area (Å²) in [6.45, 7) is -0.244. The van der Waals surface area contributed by atoms with Gasteiger partial charge in [-0.3, -0.25) is 23.7 Å². The molecule has 1 fully saturated rings. The van der Waals surface area contributed by atoms with Crippen LogP contribution in [0.1, 0.15) is 16.4 Å². The van der Waals surface area contributed by atoms with Gasteiger partial charge in [-0.1, -0.05) is 74.4 Å². The van der Waals surface area contributed by atoms with Gasteiger partial charge in [0.15, 0.2) is 0 Å². The highest BCUT2D eigenvalue weighted by molar-refractivity contribution is 9.10. The summed E-state index contributed by atoms with van der Waals surface area (Å²) < 4.78 is 2.20. The van der Waals surface area contributed by atoms with E-state index in [1.54, 1.807) is 48.5 Å². The number of rotatable bonds is 5. The number of hydrogen-bond donors (Lipinski definition) is 1. The van der Waals surface area contributed by atoms with Gasteiger partial charge in [-0.15, -0.1) is 0 Å². The molecule has 6 rings (SSSR count). The molecular weight excluding hydrogens is 657 g/mol. The minimum atomic E-state index is -0.778. The molecule has 2 aliphatic rings. The van der Waals surface area contributed by atoms with E-state index in [0.717, 1.165) is 21.4 Å². The molecule has 1 aromatic heterocycles. The van der Waals surface area contributed by atoms with Crippen LogP contribution in [0.3, 0.4) is 0 Å². The fourth-order valence-electron chi connectivity index (χ4n) is 5.04. The van der Waals surface area contributed by atoms with Crippen LogP contribution in [0.15, 0.2) is 87.1 Å². The Bertz CT molecular complexity index is 1720. The molecular formula is C28H18BrCl2N3O4S2. The molecule has 3 aromatic carbocycles. The quantitative estimate of drug-likeness (QED) is 0.247. The number of carbonyl (C=O) groups is 3. The van der Waals surface area contributed by atoms with E-state index in [-0.39, 0.29) is 23.2 Å². The summed E-state index contributed by atoms with van der Waals surface area (Å²) >= 11 is 17.7. The number of anilines is 2. The number of benzene rings is 3. The van der Waals surface area contributed by atoms with Gasteiger partial charge in [0.25, 0.3) is 0 Å². The molecule has 0 bridgehead atoms. The third-order valence-electron chi connectivity index (χ3n) is 6.77. The maximum absolute atomic E-state index is 13.9. The third kappa shape index (κ3) is 4.92. The van der Waals surface area contributed by atoms with E-state index in [1.165, 1.54) is 21.2 Å². The number of nitrogens with one attached hydrogen (secondary N) is 1. The van der Waals surface area contributed by atoms with Crippen molar-refractivity contribution in [3.8, 4) is 0 Å². The van der Waals surface area contributed by atoms with Crippen molar-refractivity contribution in [3.05, 3.63) is 107 Å². The Morgan fingerprint density at radius 3 is 2.27 bits per heavy atom. The fourth-order valence-corrected chi connectivity index (χ4v) is 8.48. The zero-order valence-electron chi connectivity index (χ0n) is 20.3. The molecule has 12 heteroatoms. The van der Waals surface area contributed by atoms with Crippen LogP contribution in [0.2, 0.25) is 10.0 Å². The molecule has 202 valence electrons. The van der Waals surface area contributed by atoms with E-state index < -0.39 is 23.0 Å². The molecule has 0 aliphatic carbocycles. The summed E-state index contributed by atoms with van der Waals surface area (Å²) in [5.74, 6) is -2.39. The van der Waals surface area contributed by atoms with E-state index in [2.05, 4.69) is 21.2 Å². The minimum absolute atomic E-state index is 0.244. The normalized spacial score (nSPS) is 19.9. The van der Waals surface area contributed by atoms with Gasteiger partial charge in [-0.25, -0.2) is 4.90 Å². The second-order valence-corrected chi connectivity index (χ2v) is 13.2. The maximum atomic E-state index is 13.9. The van der Waals surface area contributed by atoms with Crippen molar-refractivity contribution in [1.29, 1.82) is 0 Å². The van der Waals surface area contributed by atoms with Crippen LogP contribution in [0, 0.1) is 5.92 Å². The van der Waals surface area contributed by atoms with E-state index in [4.69, 9.17) is 23.2 Å². The van der Waals surface area contributed by atoms with Crippen LogP contribution in [-0.4, -0.2) is 27.5 Å². The zero-order chi connectivity index (χ0) is 28.1. The Kier molecular flexibility index (Phi) is 7.39. The fraction of sp³-hybridized carbons (Fsp3) is 0.143. The number of nitrogens with zero attached hydrogens (tertiary/aromatic N) is 2. The highest BCUT2D eigenvalue weighted by atomic mass is 79.9.